The highest BCUT2D eigenvalue weighted by molar-refractivity contribution is 5.62. The summed E-state index contributed by atoms with van der Waals surface area (Å²) in [6.45, 7) is 0.938. The number of nitrogens with two attached hydrogens (primary N) is 1. The van der Waals surface area contributed by atoms with E-state index in [1.54, 1.807) is 18.1 Å². The van der Waals surface area contributed by atoms with Crippen LogP contribution in [0.4, 0.5) is 11.5 Å². The number of benzene rings is 1. The fourth-order valence-corrected chi connectivity index (χ4v) is 3.27. The summed E-state index contributed by atoms with van der Waals surface area (Å²) in [6.07, 6.45) is 2.99. The van der Waals surface area contributed by atoms with Crippen molar-refractivity contribution in [3.05, 3.63) is 81.2 Å². The van der Waals surface area contributed by atoms with E-state index in [1.807, 2.05) is 30.3 Å². The first-order chi connectivity index (χ1) is 15.6. The molecule has 32 heavy (non-hydrogen) atoms. The van der Waals surface area contributed by atoms with Gasteiger partial charge in [0.1, 0.15) is 17.8 Å². The van der Waals surface area contributed by atoms with Crippen molar-refractivity contribution in [1.82, 2.24) is 19.7 Å². The van der Waals surface area contributed by atoms with Gasteiger partial charge in [-0.1, -0.05) is 35.5 Å². The van der Waals surface area contributed by atoms with Gasteiger partial charge in [-0.3, -0.25) is 14.3 Å². The average molecular weight is 438 g/mol. The number of nitrogens with one attached hydrogen (secondary N) is 1. The van der Waals surface area contributed by atoms with E-state index in [9.17, 15) is 9.59 Å². The lowest BCUT2D eigenvalue weighted by atomic mass is 10.2. The monoisotopic (exact) mass is 438 g/mol. The Bertz CT molecular complexity index is 1280. The highest BCUT2D eigenvalue weighted by atomic mass is 16.5. The van der Waals surface area contributed by atoms with Crippen molar-refractivity contribution in [1.29, 1.82) is 0 Å². The van der Waals surface area contributed by atoms with Crippen LogP contribution in [0, 0.1) is 0 Å². The Morgan fingerprint density at radius 1 is 1.22 bits per heavy atom. The Morgan fingerprint density at radius 3 is 2.75 bits per heavy atom. The van der Waals surface area contributed by atoms with E-state index in [0.717, 1.165) is 5.56 Å². The van der Waals surface area contributed by atoms with Gasteiger partial charge < -0.3 is 24.3 Å². The number of hydrogen-bond donors (Lipinski definition) is 2. The summed E-state index contributed by atoms with van der Waals surface area (Å²) in [5.41, 5.74) is 6.77. The quantitative estimate of drug-likeness (QED) is 0.396. The predicted molar refractivity (Wildman–Crippen MR) is 116 cm³/mol. The minimum absolute atomic E-state index is 0.0391. The number of hydrogen-bond acceptors (Lipinski definition) is 9. The second-order valence-corrected chi connectivity index (χ2v) is 7.01. The fourth-order valence-electron chi connectivity index (χ4n) is 3.27. The van der Waals surface area contributed by atoms with Crippen LogP contribution in [0.3, 0.4) is 0 Å². The van der Waals surface area contributed by atoms with Gasteiger partial charge in [0.05, 0.1) is 31.5 Å². The fraction of sp³-hybridized carbons (Fsp3) is 0.238. The first-order valence-electron chi connectivity index (χ1n) is 9.82. The second-order valence-electron chi connectivity index (χ2n) is 7.01. The molecule has 0 fully saturated rings. The zero-order valence-corrected chi connectivity index (χ0v) is 17.4. The third kappa shape index (κ3) is 4.47. The molecule has 0 spiro atoms. The highest BCUT2D eigenvalue weighted by Gasteiger charge is 2.21. The van der Waals surface area contributed by atoms with Crippen LogP contribution in [0.2, 0.25) is 0 Å². The number of anilines is 2. The summed E-state index contributed by atoms with van der Waals surface area (Å²) in [7, 11) is 1.55. The molecule has 1 aromatic carbocycles. The molecule has 11 nitrogen and oxygen atoms in total. The summed E-state index contributed by atoms with van der Waals surface area (Å²) >= 11 is 0. The molecule has 0 aliphatic rings. The van der Waals surface area contributed by atoms with Crippen molar-refractivity contribution in [2.45, 2.75) is 13.1 Å². The normalized spacial score (nSPS) is 11.0. The zero-order chi connectivity index (χ0) is 22.5. The number of H-pyrrole nitrogens is 1. The Kier molecular flexibility index (Phi) is 6.17. The number of methoxy groups -OCH3 is 1. The molecule has 3 heterocycles. The average Bonchev–Trinajstić information content (AvgIpc) is 3.47. The van der Waals surface area contributed by atoms with Crippen molar-refractivity contribution in [2.75, 3.05) is 30.9 Å². The molecule has 0 saturated carbocycles. The Balaban J connectivity index is 1.69. The first-order valence-corrected chi connectivity index (χ1v) is 9.82. The summed E-state index contributed by atoms with van der Waals surface area (Å²) < 4.78 is 16.8. The van der Waals surface area contributed by atoms with Crippen LogP contribution >= 0.6 is 0 Å². The molecule has 0 aliphatic carbocycles. The van der Waals surface area contributed by atoms with E-state index in [2.05, 4.69) is 15.1 Å². The minimum atomic E-state index is -0.605. The van der Waals surface area contributed by atoms with Gasteiger partial charge in [-0.25, -0.2) is 4.79 Å². The smallest absolute Gasteiger partial charge is 0.330 e. The van der Waals surface area contributed by atoms with Gasteiger partial charge in [-0.05, 0) is 11.6 Å². The maximum Gasteiger partial charge on any atom is 0.330 e. The summed E-state index contributed by atoms with van der Waals surface area (Å²) in [4.78, 5) is 33.6. The van der Waals surface area contributed by atoms with Crippen LogP contribution in [-0.4, -0.2) is 40.0 Å². The molecule has 0 amide bonds. The molecule has 0 radical (unpaired) electrons. The zero-order valence-electron chi connectivity index (χ0n) is 17.4. The van der Waals surface area contributed by atoms with Crippen LogP contribution in [-0.2, 0) is 17.8 Å². The molecule has 3 N–H and O–H groups in total. The number of aromatic amines is 1. The van der Waals surface area contributed by atoms with Crippen LogP contribution in [0.1, 0.15) is 11.4 Å². The van der Waals surface area contributed by atoms with Crippen LogP contribution < -0.4 is 21.9 Å². The molecular weight excluding hydrogens is 416 g/mol. The van der Waals surface area contributed by atoms with Gasteiger partial charge in [0.2, 0.25) is 0 Å². The largest absolute Gasteiger partial charge is 0.472 e. The van der Waals surface area contributed by atoms with Crippen LogP contribution in [0.25, 0.3) is 11.5 Å². The predicted octanol–water partition coefficient (Wildman–Crippen LogP) is 1.46. The molecule has 0 unspecified atom stereocenters. The Morgan fingerprint density at radius 2 is 2.03 bits per heavy atom. The number of furan rings is 1. The maximum atomic E-state index is 12.7. The molecule has 0 atom stereocenters. The third-order valence-electron chi connectivity index (χ3n) is 4.85. The van der Waals surface area contributed by atoms with Gasteiger partial charge in [0, 0.05) is 13.7 Å². The molecular formula is C21H22N6O5. The van der Waals surface area contributed by atoms with Crippen LogP contribution in [0.5, 0.6) is 0 Å². The molecule has 0 saturated heterocycles. The van der Waals surface area contributed by atoms with Gasteiger partial charge >= 0.3 is 5.69 Å². The number of aromatic nitrogens is 4. The highest BCUT2D eigenvalue weighted by Crippen LogP contribution is 2.21. The van der Waals surface area contributed by atoms with Crippen molar-refractivity contribution < 1.29 is 13.7 Å². The second kappa shape index (κ2) is 9.35. The van der Waals surface area contributed by atoms with Crippen LogP contribution in [0.15, 0.2) is 67.5 Å². The van der Waals surface area contributed by atoms with Crippen molar-refractivity contribution >= 4 is 11.5 Å². The molecule has 3 aromatic heterocycles. The Labute approximate surface area is 182 Å². The van der Waals surface area contributed by atoms with Crippen molar-refractivity contribution in [2.24, 2.45) is 0 Å². The van der Waals surface area contributed by atoms with Gasteiger partial charge in [-0.2, -0.15) is 4.98 Å². The number of nitrogens with zero attached hydrogens (tertiary/aromatic N) is 4. The standard InChI is InChI=1S/C21H22N6O5/c1-30-10-8-26(12-16-23-20(32-25-16)15-7-9-31-13-15)17-18(22)27(21(29)24-19(17)28)11-14-5-3-2-4-6-14/h2-7,9,13H,8,10-12,22H2,1H3,(H,24,28,29). The van der Waals surface area contributed by atoms with Gasteiger partial charge in [0.15, 0.2) is 5.82 Å². The lowest BCUT2D eigenvalue weighted by Crippen LogP contribution is -2.39. The minimum Gasteiger partial charge on any atom is -0.472 e. The topological polar surface area (TPSA) is 145 Å². The van der Waals surface area contributed by atoms with Crippen molar-refractivity contribution in [3.63, 3.8) is 0 Å². The maximum absolute atomic E-state index is 12.7. The summed E-state index contributed by atoms with van der Waals surface area (Å²) in [5.74, 6) is 0.658. The third-order valence-corrected chi connectivity index (χ3v) is 4.85. The van der Waals surface area contributed by atoms with E-state index >= 15 is 0 Å². The van der Waals surface area contributed by atoms with Gasteiger partial charge in [-0.15, -0.1) is 0 Å². The first kappa shape index (κ1) is 21.1. The van der Waals surface area contributed by atoms with E-state index in [4.69, 9.17) is 19.4 Å². The molecule has 166 valence electrons. The van der Waals surface area contributed by atoms with E-state index in [-0.39, 0.29) is 30.5 Å². The number of nitrogen functional groups attached to an aromatic ring is 1. The SMILES string of the molecule is COCCN(Cc1noc(-c2ccoc2)n1)c1c(N)n(Cc2ccccc2)c(=O)[nH]c1=O. The molecule has 4 aromatic rings. The van der Waals surface area contributed by atoms with E-state index in [0.29, 0.717) is 24.5 Å². The lowest BCUT2D eigenvalue weighted by molar-refractivity contribution is 0.204. The molecule has 0 bridgehead atoms. The van der Waals surface area contributed by atoms with Gasteiger partial charge in [0.25, 0.3) is 11.4 Å². The summed E-state index contributed by atoms with van der Waals surface area (Å²) in [5, 5.41) is 3.98. The lowest BCUT2D eigenvalue weighted by Gasteiger charge is -2.24. The van der Waals surface area contributed by atoms with E-state index < -0.39 is 11.2 Å². The Hall–Kier alpha value is -4.12. The summed E-state index contributed by atoms with van der Waals surface area (Å²) in [6, 6.07) is 11.0. The van der Waals surface area contributed by atoms with Crippen molar-refractivity contribution in [3.8, 4) is 11.5 Å². The molecule has 0 aliphatic heterocycles. The number of ether oxygens (including phenoxy) is 1. The molecule has 11 heteroatoms. The number of rotatable bonds is 9. The molecule has 4 rings (SSSR count). The van der Waals surface area contributed by atoms with E-state index in [1.165, 1.54) is 17.1 Å².